The van der Waals surface area contributed by atoms with E-state index in [4.69, 9.17) is 23.2 Å². The van der Waals surface area contributed by atoms with Crippen molar-refractivity contribution in [1.29, 1.82) is 0 Å². The van der Waals surface area contributed by atoms with Crippen molar-refractivity contribution >= 4 is 46.6 Å². The Balaban J connectivity index is 1.70. The van der Waals surface area contributed by atoms with Gasteiger partial charge in [0, 0.05) is 30.2 Å². The normalized spacial score (nSPS) is 10.6. The first-order valence-corrected chi connectivity index (χ1v) is 9.65. The maximum atomic E-state index is 12.2. The van der Waals surface area contributed by atoms with Crippen molar-refractivity contribution in [2.75, 3.05) is 11.1 Å². The topological polar surface area (TPSA) is 72.7 Å². The van der Waals surface area contributed by atoms with Crippen molar-refractivity contribution in [2.45, 2.75) is 11.7 Å². The zero-order chi connectivity index (χ0) is 19.2. The van der Waals surface area contributed by atoms with Gasteiger partial charge in [0.05, 0.1) is 15.8 Å². The van der Waals surface area contributed by atoms with Crippen LogP contribution >= 0.6 is 35.0 Å². The van der Waals surface area contributed by atoms with Gasteiger partial charge in [-0.05, 0) is 30.3 Å². The maximum absolute atomic E-state index is 12.2. The van der Waals surface area contributed by atoms with Crippen LogP contribution in [-0.4, -0.2) is 31.4 Å². The smallest absolute Gasteiger partial charge is 0.234 e. The van der Waals surface area contributed by atoms with E-state index in [9.17, 15) is 4.79 Å². The molecule has 1 N–H and O–H groups in total. The number of nitrogens with zero attached hydrogens (tertiary/aromatic N) is 4. The van der Waals surface area contributed by atoms with Crippen LogP contribution < -0.4 is 5.32 Å². The number of allylic oxidation sites excluding steroid dienone is 1. The van der Waals surface area contributed by atoms with E-state index in [2.05, 4.69) is 27.1 Å². The molecule has 0 fully saturated rings. The number of hydrogen-bond acceptors (Lipinski definition) is 5. The molecular weight excluding hydrogens is 405 g/mol. The van der Waals surface area contributed by atoms with E-state index in [-0.39, 0.29) is 11.7 Å². The number of rotatable bonds is 7. The van der Waals surface area contributed by atoms with E-state index in [0.717, 1.165) is 5.56 Å². The van der Waals surface area contributed by atoms with E-state index in [1.165, 1.54) is 11.8 Å². The number of carbonyl (C=O) groups is 1. The third kappa shape index (κ3) is 4.88. The molecule has 0 aliphatic heterocycles. The summed E-state index contributed by atoms with van der Waals surface area (Å²) >= 11 is 13.1. The number of aromatic nitrogens is 4. The zero-order valence-electron chi connectivity index (χ0n) is 14.1. The lowest BCUT2D eigenvalue weighted by atomic mass is 10.2. The first-order valence-electron chi connectivity index (χ1n) is 7.90. The molecule has 1 aromatic carbocycles. The summed E-state index contributed by atoms with van der Waals surface area (Å²) in [5.74, 6) is 0.688. The number of thioether (sulfide) groups is 1. The number of halogens is 2. The predicted molar refractivity (Wildman–Crippen MR) is 109 cm³/mol. The van der Waals surface area contributed by atoms with Gasteiger partial charge in [0.25, 0.3) is 0 Å². The summed E-state index contributed by atoms with van der Waals surface area (Å²) in [5.41, 5.74) is 1.48. The molecular formula is C18H15Cl2N5OS. The van der Waals surface area contributed by atoms with Gasteiger partial charge in [-0.1, -0.05) is 41.0 Å². The van der Waals surface area contributed by atoms with Crippen LogP contribution in [0.25, 0.3) is 11.4 Å². The van der Waals surface area contributed by atoms with Crippen molar-refractivity contribution in [3.05, 3.63) is 65.4 Å². The van der Waals surface area contributed by atoms with Crippen LogP contribution in [0.2, 0.25) is 10.0 Å². The van der Waals surface area contributed by atoms with Crippen molar-refractivity contribution in [1.82, 2.24) is 19.7 Å². The van der Waals surface area contributed by atoms with Crippen LogP contribution in [0.15, 0.2) is 60.5 Å². The van der Waals surface area contributed by atoms with Crippen LogP contribution in [0, 0.1) is 0 Å². The van der Waals surface area contributed by atoms with Crippen LogP contribution in [0.4, 0.5) is 5.69 Å². The number of nitrogens with one attached hydrogen (secondary N) is 1. The molecule has 0 aliphatic carbocycles. The second-order valence-electron chi connectivity index (χ2n) is 5.41. The Kier molecular flexibility index (Phi) is 6.49. The first-order chi connectivity index (χ1) is 13.1. The Morgan fingerprint density at radius 2 is 1.96 bits per heavy atom. The highest BCUT2D eigenvalue weighted by Crippen LogP contribution is 2.26. The third-order valence-corrected chi connectivity index (χ3v) is 5.21. The van der Waals surface area contributed by atoms with Crippen molar-refractivity contribution in [2.24, 2.45) is 0 Å². The number of amides is 1. The van der Waals surface area contributed by atoms with Crippen molar-refractivity contribution in [3.8, 4) is 11.4 Å². The van der Waals surface area contributed by atoms with E-state index in [1.807, 2.05) is 16.7 Å². The van der Waals surface area contributed by atoms with Crippen LogP contribution in [-0.2, 0) is 11.3 Å². The second kappa shape index (κ2) is 9.03. The molecule has 0 atom stereocenters. The molecule has 0 bridgehead atoms. The summed E-state index contributed by atoms with van der Waals surface area (Å²) in [6.07, 6.45) is 5.15. The minimum absolute atomic E-state index is 0.172. The van der Waals surface area contributed by atoms with E-state index >= 15 is 0 Å². The van der Waals surface area contributed by atoms with Crippen molar-refractivity contribution < 1.29 is 4.79 Å². The molecule has 0 radical (unpaired) electrons. The van der Waals surface area contributed by atoms with E-state index in [1.54, 1.807) is 36.7 Å². The molecule has 0 saturated carbocycles. The molecule has 6 nitrogen and oxygen atoms in total. The predicted octanol–water partition coefficient (Wildman–Crippen LogP) is 4.56. The lowest BCUT2D eigenvalue weighted by Gasteiger charge is -2.08. The molecule has 0 spiro atoms. The lowest BCUT2D eigenvalue weighted by Crippen LogP contribution is -2.14. The number of hydrogen-bond donors (Lipinski definition) is 1. The molecule has 0 aliphatic rings. The fourth-order valence-electron chi connectivity index (χ4n) is 2.30. The van der Waals surface area contributed by atoms with E-state index in [0.29, 0.717) is 33.3 Å². The molecule has 138 valence electrons. The highest BCUT2D eigenvalue weighted by atomic mass is 35.5. The molecule has 9 heteroatoms. The second-order valence-corrected chi connectivity index (χ2v) is 7.16. The number of pyridine rings is 1. The van der Waals surface area contributed by atoms with Gasteiger partial charge >= 0.3 is 0 Å². The molecule has 3 aromatic rings. The Bertz CT molecular complexity index is 962. The Morgan fingerprint density at radius 1 is 1.19 bits per heavy atom. The van der Waals surface area contributed by atoms with Crippen LogP contribution in [0.5, 0.6) is 0 Å². The van der Waals surface area contributed by atoms with Gasteiger partial charge in [-0.2, -0.15) is 0 Å². The summed E-state index contributed by atoms with van der Waals surface area (Å²) in [5, 5.41) is 12.7. The highest BCUT2D eigenvalue weighted by Gasteiger charge is 2.15. The largest absolute Gasteiger partial charge is 0.325 e. The fraction of sp³-hybridized carbons (Fsp3) is 0.111. The summed E-state index contributed by atoms with van der Waals surface area (Å²) in [4.78, 5) is 16.2. The van der Waals surface area contributed by atoms with Gasteiger partial charge in [-0.25, -0.2) is 0 Å². The van der Waals surface area contributed by atoms with Gasteiger partial charge in [-0.15, -0.1) is 16.8 Å². The highest BCUT2D eigenvalue weighted by molar-refractivity contribution is 7.99. The zero-order valence-corrected chi connectivity index (χ0v) is 16.4. The molecule has 2 heterocycles. The number of anilines is 1. The van der Waals surface area contributed by atoms with E-state index < -0.39 is 0 Å². The van der Waals surface area contributed by atoms with Crippen molar-refractivity contribution in [3.63, 3.8) is 0 Å². The number of carbonyl (C=O) groups excluding carboxylic acids is 1. The van der Waals surface area contributed by atoms with Gasteiger partial charge in [0.1, 0.15) is 0 Å². The summed E-state index contributed by atoms with van der Waals surface area (Å²) in [6.45, 7) is 4.31. The summed E-state index contributed by atoms with van der Waals surface area (Å²) in [7, 11) is 0. The monoisotopic (exact) mass is 419 g/mol. The van der Waals surface area contributed by atoms with Crippen LogP contribution in [0.1, 0.15) is 0 Å². The fourth-order valence-corrected chi connectivity index (χ4v) is 3.35. The third-order valence-electron chi connectivity index (χ3n) is 3.50. The molecule has 27 heavy (non-hydrogen) atoms. The lowest BCUT2D eigenvalue weighted by molar-refractivity contribution is -0.113. The average molecular weight is 420 g/mol. The average Bonchev–Trinajstić information content (AvgIpc) is 3.07. The molecule has 2 aromatic heterocycles. The van der Waals surface area contributed by atoms with Gasteiger partial charge in [0.15, 0.2) is 11.0 Å². The summed E-state index contributed by atoms with van der Waals surface area (Å²) < 4.78 is 1.90. The Morgan fingerprint density at radius 3 is 2.67 bits per heavy atom. The van der Waals surface area contributed by atoms with Gasteiger partial charge in [0.2, 0.25) is 5.91 Å². The Hall–Kier alpha value is -2.35. The molecule has 0 unspecified atom stereocenters. The minimum atomic E-state index is -0.183. The van der Waals surface area contributed by atoms with Gasteiger partial charge < -0.3 is 5.32 Å². The maximum Gasteiger partial charge on any atom is 0.234 e. The minimum Gasteiger partial charge on any atom is -0.325 e. The summed E-state index contributed by atoms with van der Waals surface area (Å²) in [6, 6.07) is 8.64. The molecule has 3 rings (SSSR count). The molecule has 0 saturated heterocycles. The molecule has 1 amide bonds. The first kappa shape index (κ1) is 19.4. The standard InChI is InChI=1S/C18H15Cl2N5OS/c1-2-9-25-17(12-5-7-21-8-6-12)23-24-18(25)27-11-16(26)22-13-3-4-14(19)15(20)10-13/h2-8,10H,1,9,11H2,(H,22,26). The SMILES string of the molecule is C=CCn1c(SCC(=O)Nc2ccc(Cl)c(Cl)c2)nnc1-c1ccncc1. The van der Waals surface area contributed by atoms with Gasteiger partial charge in [-0.3, -0.25) is 14.3 Å². The van der Waals surface area contributed by atoms with Crippen LogP contribution in [0.3, 0.4) is 0 Å². The Labute approximate surface area is 170 Å². The quantitative estimate of drug-likeness (QED) is 0.448. The number of benzene rings is 1.